The Morgan fingerprint density at radius 3 is 1.35 bits per heavy atom. The molecule has 0 amide bonds. The van der Waals surface area contributed by atoms with Crippen molar-refractivity contribution in [1.29, 1.82) is 0 Å². The van der Waals surface area contributed by atoms with Gasteiger partial charge in [0, 0.05) is 6.61 Å². The first-order valence-corrected chi connectivity index (χ1v) is 12.8. The molecule has 31 heavy (non-hydrogen) atoms. The average molecular weight is 449 g/mol. The number of hydrogen-bond donors (Lipinski definition) is 3. The maximum Gasteiger partial charge on any atom is 0.0701 e. The maximum absolute atomic E-state index is 9.66. The molecule has 6 heteroatoms. The van der Waals surface area contributed by atoms with Crippen molar-refractivity contribution in [3.8, 4) is 0 Å². The molecule has 0 unspecified atom stereocenters. The van der Waals surface area contributed by atoms with Crippen molar-refractivity contribution >= 4 is 0 Å². The van der Waals surface area contributed by atoms with E-state index in [1.807, 2.05) is 0 Å². The van der Waals surface area contributed by atoms with Gasteiger partial charge in [0.05, 0.1) is 58.3 Å². The summed E-state index contributed by atoms with van der Waals surface area (Å²) in [5, 5.41) is 28.0. The van der Waals surface area contributed by atoms with Gasteiger partial charge in [-0.15, -0.1) is 0 Å². The van der Waals surface area contributed by atoms with E-state index in [2.05, 4.69) is 6.92 Å². The van der Waals surface area contributed by atoms with Crippen LogP contribution < -0.4 is 0 Å². The summed E-state index contributed by atoms with van der Waals surface area (Å²) in [7, 11) is 0. The van der Waals surface area contributed by atoms with Crippen LogP contribution in [0.4, 0.5) is 0 Å². The molecule has 0 radical (unpaired) electrons. The minimum Gasteiger partial charge on any atom is -0.396 e. The molecule has 0 aliphatic heterocycles. The summed E-state index contributed by atoms with van der Waals surface area (Å²) in [6.45, 7) is 4.09. The maximum atomic E-state index is 9.66. The van der Waals surface area contributed by atoms with Gasteiger partial charge >= 0.3 is 0 Å². The lowest BCUT2D eigenvalue weighted by Gasteiger charge is -2.29. The summed E-state index contributed by atoms with van der Waals surface area (Å²) < 4.78 is 16.3. The third-order valence-corrected chi connectivity index (χ3v) is 5.74. The van der Waals surface area contributed by atoms with Gasteiger partial charge in [-0.2, -0.15) is 0 Å². The molecule has 0 atom stereocenters. The van der Waals surface area contributed by atoms with E-state index in [1.165, 1.54) is 83.5 Å². The van der Waals surface area contributed by atoms with E-state index in [9.17, 15) is 10.2 Å². The fourth-order valence-electron chi connectivity index (χ4n) is 3.53. The van der Waals surface area contributed by atoms with Gasteiger partial charge in [0.1, 0.15) is 0 Å². The van der Waals surface area contributed by atoms with Gasteiger partial charge in [0.25, 0.3) is 0 Å². The van der Waals surface area contributed by atoms with Gasteiger partial charge in [-0.3, -0.25) is 0 Å². The molecule has 0 aliphatic rings. The third kappa shape index (κ3) is 20.1. The molecule has 0 aromatic rings. The molecule has 0 bridgehead atoms. The molecule has 0 heterocycles. The van der Waals surface area contributed by atoms with Crippen molar-refractivity contribution < 1.29 is 29.5 Å². The van der Waals surface area contributed by atoms with Gasteiger partial charge in [-0.25, -0.2) is 0 Å². The minimum atomic E-state index is -0.771. The molecular weight excluding hydrogens is 396 g/mol. The molecule has 0 rings (SSSR count). The highest BCUT2D eigenvalue weighted by atomic mass is 16.5. The van der Waals surface area contributed by atoms with Crippen molar-refractivity contribution in [3.63, 3.8) is 0 Å². The topological polar surface area (TPSA) is 88.4 Å². The lowest BCUT2D eigenvalue weighted by atomic mass is 9.92. The Morgan fingerprint density at radius 2 is 0.903 bits per heavy atom. The second-order valence-electron chi connectivity index (χ2n) is 8.85. The predicted molar refractivity (Wildman–Crippen MR) is 126 cm³/mol. The Labute approximate surface area is 191 Å². The Balaban J connectivity index is 3.49. The molecule has 0 spiro atoms. The van der Waals surface area contributed by atoms with Crippen molar-refractivity contribution in [2.24, 2.45) is 5.41 Å². The Kier molecular flexibility index (Phi) is 24.2. The highest BCUT2D eigenvalue weighted by molar-refractivity contribution is 4.77. The number of ether oxygens (including phenoxy) is 3. The molecule has 3 N–H and O–H groups in total. The summed E-state index contributed by atoms with van der Waals surface area (Å²) in [5.74, 6) is 0. The predicted octanol–water partition coefficient (Wildman–Crippen LogP) is 4.48. The zero-order valence-electron chi connectivity index (χ0n) is 20.3. The zero-order chi connectivity index (χ0) is 22.9. The van der Waals surface area contributed by atoms with E-state index in [0.29, 0.717) is 19.8 Å². The molecule has 188 valence electrons. The van der Waals surface area contributed by atoms with Crippen molar-refractivity contribution in [2.45, 2.75) is 96.8 Å². The number of hydrogen-bond acceptors (Lipinski definition) is 6. The van der Waals surface area contributed by atoms with Crippen LogP contribution in [0.1, 0.15) is 96.8 Å². The number of rotatable bonds is 26. The third-order valence-electron chi connectivity index (χ3n) is 5.74. The lowest BCUT2D eigenvalue weighted by Crippen LogP contribution is -2.40. The van der Waals surface area contributed by atoms with Crippen LogP contribution in [0.2, 0.25) is 0 Å². The molecule has 0 aromatic heterocycles. The SMILES string of the molecule is CCCCCCCCCCCCCCCCOCC(CO)(CO)COCCOCCO. The molecule has 0 aromatic carbocycles. The van der Waals surface area contributed by atoms with Gasteiger partial charge in [-0.1, -0.05) is 90.4 Å². The van der Waals surface area contributed by atoms with E-state index in [1.54, 1.807) is 0 Å². The highest BCUT2D eigenvalue weighted by Gasteiger charge is 2.29. The standard InChI is InChI=1S/C25H52O6/c1-2-3-4-5-6-7-8-9-10-11-12-13-14-15-17-30-23-25(21-27,22-28)24-31-20-19-29-18-16-26/h26-28H,2-24H2,1H3. The molecule has 0 saturated heterocycles. The summed E-state index contributed by atoms with van der Waals surface area (Å²) >= 11 is 0. The van der Waals surface area contributed by atoms with E-state index in [0.717, 1.165) is 6.42 Å². The van der Waals surface area contributed by atoms with E-state index < -0.39 is 5.41 Å². The Bertz CT molecular complexity index is 336. The molecule has 6 nitrogen and oxygen atoms in total. The van der Waals surface area contributed by atoms with E-state index in [4.69, 9.17) is 19.3 Å². The first-order chi connectivity index (χ1) is 15.2. The van der Waals surface area contributed by atoms with Crippen LogP contribution in [-0.4, -0.2) is 74.8 Å². The van der Waals surface area contributed by atoms with Gasteiger partial charge in [0.2, 0.25) is 0 Å². The fourth-order valence-corrected chi connectivity index (χ4v) is 3.53. The fraction of sp³-hybridized carbons (Fsp3) is 1.00. The minimum absolute atomic E-state index is 0.00961. The Morgan fingerprint density at radius 1 is 0.484 bits per heavy atom. The second-order valence-corrected chi connectivity index (χ2v) is 8.85. The average Bonchev–Trinajstić information content (AvgIpc) is 2.79. The van der Waals surface area contributed by atoms with Crippen LogP contribution >= 0.6 is 0 Å². The van der Waals surface area contributed by atoms with E-state index in [-0.39, 0.29) is 39.6 Å². The quantitative estimate of drug-likeness (QED) is 0.169. The second kappa shape index (κ2) is 24.4. The van der Waals surface area contributed by atoms with Crippen LogP contribution in [0.15, 0.2) is 0 Å². The van der Waals surface area contributed by atoms with Crippen LogP contribution in [0, 0.1) is 5.41 Å². The van der Waals surface area contributed by atoms with Crippen molar-refractivity contribution in [1.82, 2.24) is 0 Å². The first kappa shape index (κ1) is 30.8. The van der Waals surface area contributed by atoms with Crippen LogP contribution in [-0.2, 0) is 14.2 Å². The van der Waals surface area contributed by atoms with Gasteiger partial charge in [-0.05, 0) is 6.42 Å². The zero-order valence-corrected chi connectivity index (χ0v) is 20.3. The monoisotopic (exact) mass is 448 g/mol. The summed E-state index contributed by atoms with van der Waals surface area (Å²) in [4.78, 5) is 0. The Hall–Kier alpha value is -0.240. The van der Waals surface area contributed by atoms with Crippen LogP contribution in [0.25, 0.3) is 0 Å². The highest BCUT2D eigenvalue weighted by Crippen LogP contribution is 2.18. The van der Waals surface area contributed by atoms with Crippen LogP contribution in [0.5, 0.6) is 0 Å². The van der Waals surface area contributed by atoms with E-state index >= 15 is 0 Å². The largest absolute Gasteiger partial charge is 0.396 e. The molecular formula is C25H52O6. The summed E-state index contributed by atoms with van der Waals surface area (Å²) in [6, 6.07) is 0. The van der Waals surface area contributed by atoms with Gasteiger partial charge < -0.3 is 29.5 Å². The first-order valence-electron chi connectivity index (χ1n) is 12.8. The van der Waals surface area contributed by atoms with Crippen molar-refractivity contribution in [3.05, 3.63) is 0 Å². The number of unbranched alkanes of at least 4 members (excludes halogenated alkanes) is 13. The van der Waals surface area contributed by atoms with Crippen molar-refractivity contribution in [2.75, 3.05) is 59.5 Å². The number of aliphatic hydroxyl groups excluding tert-OH is 3. The number of aliphatic hydroxyl groups is 3. The summed E-state index contributed by atoms with van der Waals surface area (Å²) in [6.07, 6.45) is 18.6. The smallest absolute Gasteiger partial charge is 0.0701 e. The van der Waals surface area contributed by atoms with Crippen LogP contribution in [0.3, 0.4) is 0 Å². The molecule has 0 aliphatic carbocycles. The van der Waals surface area contributed by atoms with Gasteiger partial charge in [0.15, 0.2) is 0 Å². The molecule has 0 fully saturated rings. The normalized spacial score (nSPS) is 12.0. The lowest BCUT2D eigenvalue weighted by molar-refractivity contribution is -0.0844. The molecule has 0 saturated carbocycles. The summed E-state index contributed by atoms with van der Waals surface area (Å²) in [5.41, 5.74) is -0.771.